The van der Waals surface area contributed by atoms with E-state index in [-0.39, 0.29) is 6.61 Å². The summed E-state index contributed by atoms with van der Waals surface area (Å²) in [6.45, 7) is 10.5. The van der Waals surface area contributed by atoms with E-state index in [0.29, 0.717) is 24.4 Å². The number of rotatable bonds is 4. The minimum absolute atomic E-state index is 0.130. The Morgan fingerprint density at radius 3 is 2.30 bits per heavy atom. The third kappa shape index (κ3) is 5.04. The van der Waals surface area contributed by atoms with Crippen LogP contribution in [-0.4, -0.2) is 52.6 Å². The Morgan fingerprint density at radius 1 is 1.07 bits per heavy atom. The smallest absolute Gasteiger partial charge is 0.137 e. The minimum atomic E-state index is -1.20. The molecule has 2 N–H and O–H groups in total. The highest BCUT2D eigenvalue weighted by Gasteiger charge is 2.44. The van der Waals surface area contributed by atoms with Crippen molar-refractivity contribution in [2.45, 2.75) is 77.5 Å². The first-order chi connectivity index (χ1) is 12.7. The second-order valence-electron chi connectivity index (χ2n) is 9.85. The minimum Gasteiger partial charge on any atom is -0.490 e. The first-order valence-corrected chi connectivity index (χ1v) is 10.5. The van der Waals surface area contributed by atoms with Gasteiger partial charge in [0.1, 0.15) is 18.0 Å². The molecule has 1 saturated carbocycles. The van der Waals surface area contributed by atoms with Crippen LogP contribution in [0.2, 0.25) is 0 Å². The van der Waals surface area contributed by atoms with Crippen LogP contribution in [-0.2, 0) is 0 Å². The standard InChI is InChI=1S/C23H37NO3/c1-17-5-11-20(12-6-17)27-16-23(26)15-24(14-13-21(23)25)19-9-7-18(8-10-19)22(2,3)4/h5-6,11-12,18-19,21,25-26H,7-10,13-16H2,1-4H3/t18?,19?,21-,23-/m0/s1. The zero-order valence-electron chi connectivity index (χ0n) is 17.4. The summed E-state index contributed by atoms with van der Waals surface area (Å²) >= 11 is 0. The van der Waals surface area contributed by atoms with E-state index >= 15 is 0 Å². The molecule has 0 radical (unpaired) electrons. The van der Waals surface area contributed by atoms with Crippen LogP contribution in [0.25, 0.3) is 0 Å². The molecule has 1 aliphatic heterocycles. The molecule has 3 rings (SSSR count). The Kier molecular flexibility index (Phi) is 6.19. The summed E-state index contributed by atoms with van der Waals surface area (Å²) in [6.07, 6.45) is 4.76. The third-order valence-electron chi connectivity index (χ3n) is 6.73. The van der Waals surface area contributed by atoms with E-state index in [1.807, 2.05) is 31.2 Å². The van der Waals surface area contributed by atoms with Gasteiger partial charge in [-0.1, -0.05) is 38.5 Å². The number of piperidine rings is 1. The molecule has 1 heterocycles. The number of nitrogens with zero attached hydrogens (tertiary/aromatic N) is 1. The summed E-state index contributed by atoms with van der Waals surface area (Å²) in [5.74, 6) is 1.52. The number of ether oxygens (including phenoxy) is 1. The number of aryl methyl sites for hydroxylation is 1. The van der Waals surface area contributed by atoms with Gasteiger partial charge in [-0.25, -0.2) is 0 Å². The Hall–Kier alpha value is -1.10. The zero-order valence-corrected chi connectivity index (χ0v) is 17.4. The molecular weight excluding hydrogens is 338 g/mol. The van der Waals surface area contributed by atoms with Crippen molar-refractivity contribution in [1.29, 1.82) is 0 Å². The zero-order chi connectivity index (χ0) is 19.7. The maximum absolute atomic E-state index is 11.1. The van der Waals surface area contributed by atoms with Gasteiger partial charge in [0.2, 0.25) is 0 Å². The van der Waals surface area contributed by atoms with Crippen molar-refractivity contribution < 1.29 is 14.9 Å². The summed E-state index contributed by atoms with van der Waals surface area (Å²) in [7, 11) is 0. The molecule has 1 aliphatic carbocycles. The van der Waals surface area contributed by atoms with E-state index in [1.54, 1.807) is 0 Å². The maximum atomic E-state index is 11.1. The van der Waals surface area contributed by atoms with E-state index in [4.69, 9.17) is 4.74 Å². The lowest BCUT2D eigenvalue weighted by molar-refractivity contribution is -0.147. The molecule has 1 saturated heterocycles. The number of aliphatic hydroxyl groups is 2. The van der Waals surface area contributed by atoms with Crippen LogP contribution in [0.4, 0.5) is 0 Å². The molecule has 0 bridgehead atoms. The number of hydrogen-bond acceptors (Lipinski definition) is 4. The van der Waals surface area contributed by atoms with Crippen molar-refractivity contribution in [3.05, 3.63) is 29.8 Å². The molecule has 1 aromatic rings. The molecule has 0 amide bonds. The van der Waals surface area contributed by atoms with Gasteiger partial charge in [-0.2, -0.15) is 0 Å². The molecule has 152 valence electrons. The molecule has 0 spiro atoms. The van der Waals surface area contributed by atoms with Crippen molar-refractivity contribution in [1.82, 2.24) is 4.90 Å². The van der Waals surface area contributed by atoms with Crippen LogP contribution in [0.5, 0.6) is 5.75 Å². The molecular formula is C23H37NO3. The average molecular weight is 376 g/mol. The monoisotopic (exact) mass is 375 g/mol. The fourth-order valence-electron chi connectivity index (χ4n) is 4.70. The van der Waals surface area contributed by atoms with Gasteiger partial charge in [0.25, 0.3) is 0 Å². The highest BCUT2D eigenvalue weighted by molar-refractivity contribution is 5.26. The van der Waals surface area contributed by atoms with Crippen molar-refractivity contribution in [3.63, 3.8) is 0 Å². The molecule has 0 aromatic heterocycles. The van der Waals surface area contributed by atoms with Gasteiger partial charge in [-0.05, 0) is 62.5 Å². The fourth-order valence-corrected chi connectivity index (χ4v) is 4.70. The lowest BCUT2D eigenvalue weighted by Gasteiger charge is -2.47. The lowest BCUT2D eigenvalue weighted by atomic mass is 9.71. The van der Waals surface area contributed by atoms with Gasteiger partial charge in [-0.15, -0.1) is 0 Å². The summed E-state index contributed by atoms with van der Waals surface area (Å²) in [5, 5.41) is 21.6. The van der Waals surface area contributed by atoms with Crippen molar-refractivity contribution >= 4 is 0 Å². The van der Waals surface area contributed by atoms with Crippen LogP contribution in [0.1, 0.15) is 58.4 Å². The highest BCUT2D eigenvalue weighted by Crippen LogP contribution is 2.40. The van der Waals surface area contributed by atoms with Crippen molar-refractivity contribution in [3.8, 4) is 5.75 Å². The molecule has 4 heteroatoms. The van der Waals surface area contributed by atoms with Crippen LogP contribution >= 0.6 is 0 Å². The van der Waals surface area contributed by atoms with Gasteiger partial charge in [0.05, 0.1) is 6.10 Å². The van der Waals surface area contributed by atoms with Crippen LogP contribution in [0.3, 0.4) is 0 Å². The second-order valence-corrected chi connectivity index (χ2v) is 9.85. The van der Waals surface area contributed by atoms with E-state index in [2.05, 4.69) is 25.7 Å². The molecule has 1 aromatic carbocycles. The quantitative estimate of drug-likeness (QED) is 0.841. The summed E-state index contributed by atoms with van der Waals surface area (Å²) < 4.78 is 5.83. The Morgan fingerprint density at radius 2 is 1.70 bits per heavy atom. The summed E-state index contributed by atoms with van der Waals surface area (Å²) in [5.41, 5.74) is 0.353. The SMILES string of the molecule is Cc1ccc(OC[C@@]2(O)CN(C3CCC(C(C)(C)C)CC3)CC[C@@H]2O)cc1. The fraction of sp³-hybridized carbons (Fsp3) is 0.739. The first-order valence-electron chi connectivity index (χ1n) is 10.5. The Balaban J connectivity index is 1.57. The van der Waals surface area contributed by atoms with Crippen molar-refractivity contribution in [2.24, 2.45) is 11.3 Å². The molecule has 27 heavy (non-hydrogen) atoms. The van der Waals surface area contributed by atoms with E-state index in [1.165, 1.54) is 31.2 Å². The number of benzene rings is 1. The molecule has 2 atom stereocenters. The Bertz CT molecular complexity index is 601. The van der Waals surface area contributed by atoms with Gasteiger partial charge < -0.3 is 14.9 Å². The van der Waals surface area contributed by atoms with E-state index in [9.17, 15) is 10.2 Å². The molecule has 2 fully saturated rings. The number of likely N-dealkylation sites (tertiary alicyclic amines) is 1. The number of β-amino-alcohol motifs (C(OH)–C–C–N with tert-alkyl or cyclic N) is 1. The molecule has 2 aliphatic rings. The van der Waals surface area contributed by atoms with Gasteiger partial charge in [0, 0.05) is 19.1 Å². The maximum Gasteiger partial charge on any atom is 0.137 e. The Labute approximate surface area is 164 Å². The summed E-state index contributed by atoms with van der Waals surface area (Å²) in [4.78, 5) is 2.39. The van der Waals surface area contributed by atoms with Crippen LogP contribution in [0.15, 0.2) is 24.3 Å². The average Bonchev–Trinajstić information content (AvgIpc) is 2.63. The first kappa shape index (κ1) is 20.6. The topological polar surface area (TPSA) is 52.9 Å². The van der Waals surface area contributed by atoms with Gasteiger partial charge >= 0.3 is 0 Å². The number of aliphatic hydroxyl groups excluding tert-OH is 1. The van der Waals surface area contributed by atoms with Gasteiger partial charge in [0.15, 0.2) is 0 Å². The van der Waals surface area contributed by atoms with E-state index < -0.39 is 11.7 Å². The largest absolute Gasteiger partial charge is 0.490 e. The normalized spacial score (nSPS) is 33.0. The van der Waals surface area contributed by atoms with Crippen LogP contribution in [0, 0.1) is 18.3 Å². The predicted molar refractivity (Wildman–Crippen MR) is 109 cm³/mol. The summed E-state index contributed by atoms with van der Waals surface area (Å²) in [6, 6.07) is 8.34. The van der Waals surface area contributed by atoms with Gasteiger partial charge in [-0.3, -0.25) is 4.90 Å². The predicted octanol–water partition coefficient (Wildman–Crippen LogP) is 3.78. The second kappa shape index (κ2) is 8.10. The number of hydrogen-bond donors (Lipinski definition) is 2. The van der Waals surface area contributed by atoms with Crippen LogP contribution < -0.4 is 4.74 Å². The molecule has 0 unspecified atom stereocenters. The van der Waals surface area contributed by atoms with E-state index in [0.717, 1.165) is 18.2 Å². The van der Waals surface area contributed by atoms with Crippen molar-refractivity contribution in [2.75, 3.05) is 19.7 Å². The highest BCUT2D eigenvalue weighted by atomic mass is 16.5. The lowest BCUT2D eigenvalue weighted by Crippen LogP contribution is -2.62. The molecule has 4 nitrogen and oxygen atoms in total. The third-order valence-corrected chi connectivity index (χ3v) is 6.73.